The van der Waals surface area contributed by atoms with Crippen molar-refractivity contribution in [2.24, 2.45) is 10.4 Å². The summed E-state index contributed by atoms with van der Waals surface area (Å²) in [4.78, 5) is 7.10. The van der Waals surface area contributed by atoms with E-state index >= 15 is 0 Å². The maximum atomic E-state index is 13.4. The molecule has 2 saturated heterocycles. The van der Waals surface area contributed by atoms with Crippen LogP contribution in [0.4, 0.5) is 4.39 Å². The summed E-state index contributed by atoms with van der Waals surface area (Å²) in [6.07, 6.45) is 2.33. The van der Waals surface area contributed by atoms with Gasteiger partial charge in [-0.15, -0.1) is 24.0 Å². The summed E-state index contributed by atoms with van der Waals surface area (Å²) in [5.74, 6) is 0.797. The van der Waals surface area contributed by atoms with Gasteiger partial charge in [0.25, 0.3) is 0 Å². The molecule has 0 bridgehead atoms. The number of nitrogens with one attached hydrogen (secondary N) is 1. The van der Waals surface area contributed by atoms with Crippen LogP contribution in [0.5, 0.6) is 0 Å². The Kier molecular flexibility index (Phi) is 6.86. The van der Waals surface area contributed by atoms with Gasteiger partial charge in [0.1, 0.15) is 5.82 Å². The number of hydrogen-bond donors (Lipinski definition) is 1. The summed E-state index contributed by atoms with van der Waals surface area (Å²) in [5, 5.41) is 3.39. The molecule has 2 aliphatic rings. The molecule has 4 nitrogen and oxygen atoms in total. The Balaban J connectivity index is 0.00000208. The molecule has 0 aromatic heterocycles. The number of ether oxygens (including phenoxy) is 1. The van der Waals surface area contributed by atoms with Gasteiger partial charge < -0.3 is 15.0 Å². The molecule has 2 aliphatic heterocycles. The number of benzene rings is 1. The molecule has 3 rings (SSSR count). The van der Waals surface area contributed by atoms with Gasteiger partial charge in [-0.05, 0) is 43.9 Å². The predicted octanol–water partition coefficient (Wildman–Crippen LogP) is 3.33. The largest absolute Gasteiger partial charge is 0.381 e. The van der Waals surface area contributed by atoms with Crippen molar-refractivity contribution in [3.63, 3.8) is 0 Å². The molecule has 2 heterocycles. The minimum Gasteiger partial charge on any atom is -0.381 e. The molecule has 0 aliphatic carbocycles. The molecule has 0 saturated carbocycles. The van der Waals surface area contributed by atoms with E-state index < -0.39 is 0 Å². The van der Waals surface area contributed by atoms with E-state index in [1.54, 1.807) is 6.92 Å². The van der Waals surface area contributed by atoms with E-state index in [9.17, 15) is 4.39 Å². The highest BCUT2D eigenvalue weighted by atomic mass is 127. The Morgan fingerprint density at radius 2 is 2.25 bits per heavy atom. The quantitative estimate of drug-likeness (QED) is 0.439. The van der Waals surface area contributed by atoms with Crippen LogP contribution in [0.3, 0.4) is 0 Å². The lowest BCUT2D eigenvalue weighted by Gasteiger charge is -2.25. The van der Waals surface area contributed by atoms with Crippen molar-refractivity contribution in [2.45, 2.75) is 33.2 Å². The molecule has 0 amide bonds. The summed E-state index contributed by atoms with van der Waals surface area (Å²) >= 11 is 0. The topological polar surface area (TPSA) is 36.9 Å². The zero-order chi connectivity index (χ0) is 16.3. The molecule has 134 valence electrons. The molecule has 1 spiro atoms. The predicted molar refractivity (Wildman–Crippen MR) is 105 cm³/mol. The van der Waals surface area contributed by atoms with Crippen molar-refractivity contribution >= 4 is 29.9 Å². The van der Waals surface area contributed by atoms with E-state index in [0.717, 1.165) is 50.8 Å². The first-order valence-corrected chi connectivity index (χ1v) is 8.48. The fourth-order valence-electron chi connectivity index (χ4n) is 3.48. The summed E-state index contributed by atoms with van der Waals surface area (Å²) in [6.45, 7) is 9.10. The van der Waals surface area contributed by atoms with Crippen LogP contribution in [0.1, 0.15) is 30.9 Å². The van der Waals surface area contributed by atoms with E-state index in [1.807, 2.05) is 12.1 Å². The van der Waals surface area contributed by atoms with E-state index in [1.165, 1.54) is 12.5 Å². The Hall–Kier alpha value is -0.890. The van der Waals surface area contributed by atoms with Gasteiger partial charge in [0, 0.05) is 31.7 Å². The van der Waals surface area contributed by atoms with Gasteiger partial charge in [0.15, 0.2) is 5.96 Å². The maximum Gasteiger partial charge on any atom is 0.194 e. The van der Waals surface area contributed by atoms with Crippen LogP contribution in [-0.4, -0.2) is 43.7 Å². The number of nitrogens with zero attached hydrogens (tertiary/aromatic N) is 2. The van der Waals surface area contributed by atoms with Gasteiger partial charge >= 0.3 is 0 Å². The second kappa shape index (κ2) is 8.47. The minimum absolute atomic E-state index is 0. The smallest absolute Gasteiger partial charge is 0.194 e. The molecule has 1 N–H and O–H groups in total. The molecule has 1 aromatic rings. The van der Waals surface area contributed by atoms with Gasteiger partial charge in [-0.25, -0.2) is 9.38 Å². The monoisotopic (exact) mass is 447 g/mol. The standard InChI is InChI=1S/C18H26FN3O.HI/c1-3-20-17(21-11-15-4-5-16(19)14(2)10-15)22-8-6-18(12-22)7-9-23-13-18;/h4-5,10H,3,6-9,11-13H2,1-2H3,(H,20,21);1H. The van der Waals surface area contributed by atoms with Gasteiger partial charge in [0.2, 0.25) is 0 Å². The Labute approximate surface area is 160 Å². The molecule has 1 unspecified atom stereocenters. The fourth-order valence-corrected chi connectivity index (χ4v) is 3.48. The normalized spacial score (nSPS) is 23.6. The highest BCUT2D eigenvalue weighted by Gasteiger charge is 2.42. The van der Waals surface area contributed by atoms with E-state index in [-0.39, 0.29) is 29.8 Å². The van der Waals surface area contributed by atoms with Crippen LogP contribution < -0.4 is 5.32 Å². The number of rotatable bonds is 3. The fraction of sp³-hybridized carbons (Fsp3) is 0.611. The number of halogens is 2. The number of likely N-dealkylation sites (tertiary alicyclic amines) is 1. The summed E-state index contributed by atoms with van der Waals surface area (Å²) < 4.78 is 19.0. The van der Waals surface area contributed by atoms with Crippen molar-refractivity contribution in [1.82, 2.24) is 10.2 Å². The number of aliphatic imine (C=N–C) groups is 1. The lowest BCUT2D eigenvalue weighted by molar-refractivity contribution is 0.156. The van der Waals surface area contributed by atoms with Crippen molar-refractivity contribution < 1.29 is 9.13 Å². The highest BCUT2D eigenvalue weighted by molar-refractivity contribution is 14.0. The lowest BCUT2D eigenvalue weighted by atomic mass is 9.87. The molecule has 0 radical (unpaired) electrons. The Bertz CT molecular complexity index is 588. The van der Waals surface area contributed by atoms with Gasteiger partial charge in [0.05, 0.1) is 13.2 Å². The van der Waals surface area contributed by atoms with Crippen molar-refractivity contribution in [3.05, 3.63) is 35.1 Å². The molecular formula is C18H27FIN3O. The SMILES string of the molecule is CCNC(=NCc1ccc(F)c(C)c1)N1CCC2(CCOC2)C1.I. The number of hydrogen-bond acceptors (Lipinski definition) is 2. The average Bonchev–Trinajstić information content (AvgIpc) is 3.17. The lowest BCUT2D eigenvalue weighted by Crippen LogP contribution is -2.41. The van der Waals surface area contributed by atoms with E-state index in [4.69, 9.17) is 9.73 Å². The zero-order valence-electron chi connectivity index (χ0n) is 14.5. The Morgan fingerprint density at radius 1 is 1.42 bits per heavy atom. The average molecular weight is 447 g/mol. The number of aryl methyl sites for hydroxylation is 1. The minimum atomic E-state index is -0.160. The number of guanidine groups is 1. The third-order valence-electron chi connectivity index (χ3n) is 4.89. The van der Waals surface area contributed by atoms with Crippen LogP contribution in [0.2, 0.25) is 0 Å². The third kappa shape index (κ3) is 4.39. The Morgan fingerprint density at radius 3 is 2.92 bits per heavy atom. The molecule has 24 heavy (non-hydrogen) atoms. The summed E-state index contributed by atoms with van der Waals surface area (Å²) in [5.41, 5.74) is 2.03. The molecular weight excluding hydrogens is 420 g/mol. The molecule has 1 atom stereocenters. The van der Waals surface area contributed by atoms with Crippen LogP contribution in [0.25, 0.3) is 0 Å². The van der Waals surface area contributed by atoms with Crippen LogP contribution in [-0.2, 0) is 11.3 Å². The molecule has 1 aromatic carbocycles. The van der Waals surface area contributed by atoms with Gasteiger partial charge in [-0.2, -0.15) is 0 Å². The molecule has 6 heteroatoms. The van der Waals surface area contributed by atoms with Crippen LogP contribution in [0.15, 0.2) is 23.2 Å². The third-order valence-corrected chi connectivity index (χ3v) is 4.89. The molecule has 2 fully saturated rings. The van der Waals surface area contributed by atoms with E-state index in [0.29, 0.717) is 17.5 Å². The van der Waals surface area contributed by atoms with Crippen LogP contribution >= 0.6 is 24.0 Å². The first-order valence-electron chi connectivity index (χ1n) is 8.48. The first-order chi connectivity index (χ1) is 11.1. The second-order valence-corrected chi connectivity index (χ2v) is 6.73. The maximum absolute atomic E-state index is 13.4. The summed E-state index contributed by atoms with van der Waals surface area (Å²) in [6, 6.07) is 5.21. The van der Waals surface area contributed by atoms with E-state index in [2.05, 4.69) is 17.1 Å². The van der Waals surface area contributed by atoms with Crippen LogP contribution in [0, 0.1) is 18.2 Å². The first kappa shape index (κ1) is 19.4. The van der Waals surface area contributed by atoms with Crippen molar-refractivity contribution in [2.75, 3.05) is 32.8 Å². The second-order valence-electron chi connectivity index (χ2n) is 6.73. The van der Waals surface area contributed by atoms with Crippen molar-refractivity contribution in [1.29, 1.82) is 0 Å². The van der Waals surface area contributed by atoms with Gasteiger partial charge in [-0.1, -0.05) is 12.1 Å². The summed E-state index contributed by atoms with van der Waals surface area (Å²) in [7, 11) is 0. The zero-order valence-corrected chi connectivity index (χ0v) is 16.8. The highest BCUT2D eigenvalue weighted by Crippen LogP contribution is 2.38. The van der Waals surface area contributed by atoms with Gasteiger partial charge in [-0.3, -0.25) is 0 Å². The van der Waals surface area contributed by atoms with Crippen molar-refractivity contribution in [3.8, 4) is 0 Å².